The number of rotatable bonds is 7. The molecule has 134 valence electrons. The number of benzene rings is 2. The number of ether oxygens (including phenoxy) is 2. The Bertz CT molecular complexity index is 722. The molecule has 5 heteroatoms. The Hall–Kier alpha value is -2.20. The molecule has 4 nitrogen and oxygen atoms in total. The van der Waals surface area contributed by atoms with Gasteiger partial charge >= 0.3 is 0 Å². The van der Waals surface area contributed by atoms with Gasteiger partial charge in [-0.1, -0.05) is 29.8 Å². The molecule has 0 heterocycles. The summed E-state index contributed by atoms with van der Waals surface area (Å²) in [6.45, 7) is 8.35. The summed E-state index contributed by atoms with van der Waals surface area (Å²) in [7, 11) is 0. The number of amides is 1. The van der Waals surface area contributed by atoms with Crippen LogP contribution in [-0.2, 0) is 4.79 Å². The molecule has 0 radical (unpaired) electrons. The van der Waals surface area contributed by atoms with E-state index in [0.29, 0.717) is 18.9 Å². The first-order valence-electron chi connectivity index (χ1n) is 8.28. The normalized spacial score (nSPS) is 11.7. The molecule has 0 saturated carbocycles. The zero-order valence-electron chi connectivity index (χ0n) is 15.1. The lowest BCUT2D eigenvalue weighted by Crippen LogP contribution is -2.38. The highest BCUT2D eigenvalue weighted by Crippen LogP contribution is 2.26. The van der Waals surface area contributed by atoms with Gasteiger partial charge in [0.15, 0.2) is 6.10 Å². The van der Waals surface area contributed by atoms with E-state index in [0.717, 1.165) is 27.5 Å². The Morgan fingerprint density at radius 2 is 1.76 bits per heavy atom. The van der Waals surface area contributed by atoms with Gasteiger partial charge in [-0.2, -0.15) is 0 Å². The van der Waals surface area contributed by atoms with Gasteiger partial charge < -0.3 is 14.8 Å². The second-order valence-corrected chi connectivity index (χ2v) is 6.41. The van der Waals surface area contributed by atoms with Gasteiger partial charge in [0.25, 0.3) is 5.91 Å². The van der Waals surface area contributed by atoms with E-state index < -0.39 is 6.10 Å². The maximum atomic E-state index is 12.1. The number of hydrogen-bond acceptors (Lipinski definition) is 3. The van der Waals surface area contributed by atoms with Crippen molar-refractivity contribution in [2.24, 2.45) is 0 Å². The van der Waals surface area contributed by atoms with Gasteiger partial charge in [0.05, 0.1) is 6.54 Å². The molecule has 0 aliphatic heterocycles. The quantitative estimate of drug-likeness (QED) is 0.751. The molecule has 0 aliphatic carbocycles. The molecule has 25 heavy (non-hydrogen) atoms. The highest BCUT2D eigenvalue weighted by atomic mass is 35.5. The monoisotopic (exact) mass is 361 g/mol. The topological polar surface area (TPSA) is 47.6 Å². The maximum Gasteiger partial charge on any atom is 0.260 e. The van der Waals surface area contributed by atoms with Gasteiger partial charge in [0.2, 0.25) is 0 Å². The van der Waals surface area contributed by atoms with Gasteiger partial charge in [0, 0.05) is 5.02 Å². The van der Waals surface area contributed by atoms with Crippen LogP contribution < -0.4 is 14.8 Å². The molecular weight excluding hydrogens is 338 g/mol. The molecule has 0 saturated heterocycles. The minimum Gasteiger partial charge on any atom is -0.491 e. The summed E-state index contributed by atoms with van der Waals surface area (Å²) in [5.74, 6) is 1.28. The third-order valence-corrected chi connectivity index (χ3v) is 4.44. The van der Waals surface area contributed by atoms with Crippen LogP contribution in [0.15, 0.2) is 36.4 Å². The van der Waals surface area contributed by atoms with E-state index in [-0.39, 0.29) is 5.91 Å². The summed E-state index contributed by atoms with van der Waals surface area (Å²) in [6, 6.07) is 11.4. The number of hydrogen-bond donors (Lipinski definition) is 1. The van der Waals surface area contributed by atoms with E-state index in [2.05, 4.69) is 5.32 Å². The van der Waals surface area contributed by atoms with E-state index in [1.165, 1.54) is 0 Å². The first-order chi connectivity index (χ1) is 11.9. The van der Waals surface area contributed by atoms with Crippen molar-refractivity contribution in [2.75, 3.05) is 13.2 Å². The van der Waals surface area contributed by atoms with Crippen molar-refractivity contribution >= 4 is 17.5 Å². The van der Waals surface area contributed by atoms with Crippen molar-refractivity contribution in [3.05, 3.63) is 58.1 Å². The van der Waals surface area contributed by atoms with Gasteiger partial charge in [-0.3, -0.25) is 4.79 Å². The molecule has 1 N–H and O–H groups in total. The number of halogens is 1. The van der Waals surface area contributed by atoms with Gasteiger partial charge in [-0.05, 0) is 62.6 Å². The second kappa shape index (κ2) is 8.77. The average molecular weight is 362 g/mol. The van der Waals surface area contributed by atoms with Crippen LogP contribution in [0.1, 0.15) is 23.6 Å². The van der Waals surface area contributed by atoms with Gasteiger partial charge in [-0.15, -0.1) is 0 Å². The van der Waals surface area contributed by atoms with E-state index in [4.69, 9.17) is 21.1 Å². The largest absolute Gasteiger partial charge is 0.491 e. The summed E-state index contributed by atoms with van der Waals surface area (Å²) >= 11 is 6.15. The van der Waals surface area contributed by atoms with Crippen LogP contribution in [0, 0.1) is 20.8 Å². The van der Waals surface area contributed by atoms with E-state index in [1.54, 1.807) is 6.92 Å². The average Bonchev–Trinajstić information content (AvgIpc) is 2.57. The molecule has 1 atom stereocenters. The summed E-state index contributed by atoms with van der Waals surface area (Å²) < 4.78 is 11.4. The minimum atomic E-state index is -0.599. The first-order valence-corrected chi connectivity index (χ1v) is 8.66. The summed E-state index contributed by atoms with van der Waals surface area (Å²) in [5, 5.41) is 3.54. The second-order valence-electron chi connectivity index (χ2n) is 6.04. The summed E-state index contributed by atoms with van der Waals surface area (Å²) in [4.78, 5) is 12.1. The molecule has 0 unspecified atom stereocenters. The number of carbonyl (C=O) groups excluding carboxylic acids is 1. The van der Waals surface area contributed by atoms with Crippen LogP contribution in [0.2, 0.25) is 5.02 Å². The Kier molecular flexibility index (Phi) is 6.71. The van der Waals surface area contributed by atoms with Crippen molar-refractivity contribution < 1.29 is 14.3 Å². The van der Waals surface area contributed by atoms with E-state index in [1.807, 2.05) is 57.2 Å². The Morgan fingerprint density at radius 3 is 2.40 bits per heavy atom. The number of nitrogens with one attached hydrogen (secondary N) is 1. The first kappa shape index (κ1) is 19.1. The summed E-state index contributed by atoms with van der Waals surface area (Å²) in [5.41, 5.74) is 2.92. The molecule has 2 aromatic carbocycles. The lowest BCUT2D eigenvalue weighted by Gasteiger charge is -2.16. The fourth-order valence-corrected chi connectivity index (χ4v) is 2.54. The van der Waals surface area contributed by atoms with Gasteiger partial charge in [0.1, 0.15) is 18.1 Å². The third-order valence-electron chi connectivity index (χ3n) is 3.84. The van der Waals surface area contributed by atoms with Crippen molar-refractivity contribution in [3.63, 3.8) is 0 Å². The Balaban J connectivity index is 1.79. The predicted octanol–water partition coefficient (Wildman–Crippen LogP) is 4.23. The molecular formula is C20H24ClNO3. The predicted molar refractivity (Wildman–Crippen MR) is 101 cm³/mol. The van der Waals surface area contributed by atoms with Crippen molar-refractivity contribution in [3.8, 4) is 11.5 Å². The molecule has 2 rings (SSSR count). The van der Waals surface area contributed by atoms with Crippen LogP contribution >= 0.6 is 11.6 Å². The SMILES string of the molecule is Cc1ccccc1OCCNC(=O)[C@@H](C)Oc1cc(C)c(Cl)c(C)c1. The maximum absolute atomic E-state index is 12.1. The fraction of sp³-hybridized carbons (Fsp3) is 0.350. The lowest BCUT2D eigenvalue weighted by atomic mass is 10.1. The molecule has 0 bridgehead atoms. The molecule has 0 fully saturated rings. The van der Waals surface area contributed by atoms with Gasteiger partial charge in [-0.25, -0.2) is 0 Å². The van der Waals surface area contributed by atoms with Crippen molar-refractivity contribution in [1.82, 2.24) is 5.32 Å². The molecule has 2 aromatic rings. The lowest BCUT2D eigenvalue weighted by molar-refractivity contribution is -0.127. The number of aryl methyl sites for hydroxylation is 3. The van der Waals surface area contributed by atoms with Crippen molar-refractivity contribution in [2.45, 2.75) is 33.8 Å². The van der Waals surface area contributed by atoms with Crippen LogP contribution in [0.4, 0.5) is 0 Å². The highest BCUT2D eigenvalue weighted by Gasteiger charge is 2.15. The fourth-order valence-electron chi connectivity index (χ4n) is 2.43. The van der Waals surface area contributed by atoms with Crippen molar-refractivity contribution in [1.29, 1.82) is 0 Å². The van der Waals surface area contributed by atoms with E-state index >= 15 is 0 Å². The Labute approximate surface area is 154 Å². The zero-order chi connectivity index (χ0) is 18.4. The molecule has 1 amide bonds. The summed E-state index contributed by atoms with van der Waals surface area (Å²) in [6.07, 6.45) is -0.599. The third kappa shape index (κ3) is 5.40. The smallest absolute Gasteiger partial charge is 0.260 e. The Morgan fingerprint density at radius 1 is 1.12 bits per heavy atom. The number of para-hydroxylation sites is 1. The van der Waals surface area contributed by atoms with Crippen LogP contribution in [0.5, 0.6) is 11.5 Å². The zero-order valence-corrected chi connectivity index (χ0v) is 15.8. The highest BCUT2D eigenvalue weighted by molar-refractivity contribution is 6.32. The number of carbonyl (C=O) groups is 1. The standard InChI is InChI=1S/C20H24ClNO3/c1-13-7-5-6-8-18(13)24-10-9-22-20(23)16(4)25-17-11-14(2)19(21)15(3)12-17/h5-8,11-12,16H,9-10H2,1-4H3,(H,22,23)/t16-/m1/s1. The molecule has 0 spiro atoms. The minimum absolute atomic E-state index is 0.182. The molecule has 0 aromatic heterocycles. The van der Waals surface area contributed by atoms with Crippen LogP contribution in [0.25, 0.3) is 0 Å². The van der Waals surface area contributed by atoms with Crippen LogP contribution in [0.3, 0.4) is 0 Å². The van der Waals surface area contributed by atoms with E-state index in [9.17, 15) is 4.79 Å². The van der Waals surface area contributed by atoms with Crippen LogP contribution in [-0.4, -0.2) is 25.2 Å². The molecule has 0 aliphatic rings.